The van der Waals surface area contributed by atoms with Crippen molar-refractivity contribution in [2.75, 3.05) is 6.54 Å². The van der Waals surface area contributed by atoms with Crippen LogP contribution in [0, 0.1) is 23.5 Å². The van der Waals surface area contributed by atoms with Crippen LogP contribution in [0.3, 0.4) is 0 Å². The second kappa shape index (κ2) is 8.28. The molecule has 0 bridgehead atoms. The minimum atomic E-state index is -0.168. The molecule has 0 saturated carbocycles. The van der Waals surface area contributed by atoms with Crippen molar-refractivity contribution in [2.24, 2.45) is 0 Å². The van der Waals surface area contributed by atoms with Gasteiger partial charge >= 0.3 is 0 Å². The lowest BCUT2D eigenvalue weighted by Crippen LogP contribution is -2.28. The fraction of sp³-hybridized carbons (Fsp3) is 0.150. The molecule has 2 N–H and O–H groups in total. The van der Waals surface area contributed by atoms with Crippen LogP contribution in [0.5, 0.6) is 0 Å². The first kappa shape index (κ1) is 17.6. The van der Waals surface area contributed by atoms with Gasteiger partial charge < -0.3 is 5.32 Å². The molecule has 130 valence electrons. The van der Waals surface area contributed by atoms with Gasteiger partial charge in [0.2, 0.25) is 5.91 Å². The van der Waals surface area contributed by atoms with Crippen molar-refractivity contribution in [1.82, 2.24) is 20.1 Å². The molecule has 1 amide bonds. The van der Waals surface area contributed by atoms with Crippen LogP contribution in [0.15, 0.2) is 54.6 Å². The Morgan fingerprint density at radius 1 is 1.19 bits per heavy atom. The minimum absolute atomic E-state index is 0.0888. The third-order valence-electron chi connectivity index (χ3n) is 3.75. The number of amides is 1. The molecule has 0 aliphatic rings. The van der Waals surface area contributed by atoms with E-state index in [2.05, 4.69) is 27.4 Å². The highest BCUT2D eigenvalue weighted by atomic mass is 32.1. The highest BCUT2D eigenvalue weighted by Crippen LogP contribution is 2.17. The van der Waals surface area contributed by atoms with E-state index < -0.39 is 0 Å². The number of H-pyrrole nitrogens is 1. The molecule has 1 heterocycles. The van der Waals surface area contributed by atoms with Crippen molar-refractivity contribution >= 4 is 18.1 Å². The normalized spacial score (nSPS) is 10.0. The zero-order valence-electron chi connectivity index (χ0n) is 14.3. The van der Waals surface area contributed by atoms with Crippen molar-refractivity contribution < 1.29 is 4.79 Å². The third-order valence-corrected chi connectivity index (χ3v) is 4.06. The molecule has 0 aliphatic carbocycles. The molecule has 3 aromatic rings. The molecule has 26 heavy (non-hydrogen) atoms. The van der Waals surface area contributed by atoms with Crippen LogP contribution in [-0.2, 0) is 11.3 Å². The van der Waals surface area contributed by atoms with E-state index in [0.717, 1.165) is 16.7 Å². The predicted molar refractivity (Wildman–Crippen MR) is 104 cm³/mol. The van der Waals surface area contributed by atoms with E-state index in [9.17, 15) is 4.79 Å². The molecule has 0 radical (unpaired) electrons. The van der Waals surface area contributed by atoms with Crippen molar-refractivity contribution in [3.8, 4) is 23.2 Å². The topological polar surface area (TPSA) is 62.7 Å². The summed E-state index contributed by atoms with van der Waals surface area (Å²) in [5.74, 6) is 6.41. The average Bonchev–Trinajstić information content (AvgIpc) is 3.01. The maximum Gasteiger partial charge on any atom is 0.240 e. The number of nitrogens with zero attached hydrogens (tertiary/aromatic N) is 2. The number of aromatic nitrogens is 3. The van der Waals surface area contributed by atoms with Crippen molar-refractivity contribution in [2.45, 2.75) is 13.5 Å². The first-order valence-corrected chi connectivity index (χ1v) is 8.57. The van der Waals surface area contributed by atoms with E-state index >= 15 is 0 Å². The summed E-state index contributed by atoms with van der Waals surface area (Å²) in [5, 5.41) is 9.78. The Bertz CT molecular complexity index is 1010. The molecule has 3 rings (SSSR count). The molecule has 0 unspecified atom stereocenters. The SMILES string of the molecule is Cc1ccc(-c2n[nH]c(=S)n2CC(=O)NCC#Cc2ccccc2)cc1. The van der Waals surface area contributed by atoms with Gasteiger partial charge in [-0.1, -0.05) is 59.9 Å². The van der Waals surface area contributed by atoms with Gasteiger partial charge in [-0.2, -0.15) is 5.10 Å². The van der Waals surface area contributed by atoms with Gasteiger partial charge in [0.15, 0.2) is 10.6 Å². The summed E-state index contributed by atoms with van der Waals surface area (Å²) in [6.45, 7) is 2.38. The molecule has 0 spiro atoms. The summed E-state index contributed by atoms with van der Waals surface area (Å²) in [6, 6.07) is 17.5. The van der Waals surface area contributed by atoms with E-state index in [4.69, 9.17) is 12.2 Å². The second-order valence-electron chi connectivity index (χ2n) is 5.75. The number of rotatable bonds is 4. The number of aromatic amines is 1. The molecule has 0 atom stereocenters. The van der Waals surface area contributed by atoms with Crippen LogP contribution >= 0.6 is 12.2 Å². The molecule has 0 fully saturated rings. The summed E-state index contributed by atoms with van der Waals surface area (Å²) >= 11 is 5.25. The summed E-state index contributed by atoms with van der Waals surface area (Å²) < 4.78 is 2.09. The highest BCUT2D eigenvalue weighted by molar-refractivity contribution is 7.71. The summed E-state index contributed by atoms with van der Waals surface area (Å²) in [7, 11) is 0. The fourth-order valence-electron chi connectivity index (χ4n) is 2.40. The molecule has 2 aromatic carbocycles. The Morgan fingerprint density at radius 2 is 1.92 bits per heavy atom. The molecule has 6 heteroatoms. The number of hydrogen-bond donors (Lipinski definition) is 2. The zero-order valence-corrected chi connectivity index (χ0v) is 15.1. The molecule has 5 nitrogen and oxygen atoms in total. The van der Waals surface area contributed by atoms with Crippen LogP contribution in [0.1, 0.15) is 11.1 Å². The van der Waals surface area contributed by atoms with Gasteiger partial charge in [-0.05, 0) is 31.3 Å². The van der Waals surface area contributed by atoms with Gasteiger partial charge in [-0.3, -0.25) is 14.5 Å². The van der Waals surface area contributed by atoms with Gasteiger partial charge in [-0.15, -0.1) is 0 Å². The second-order valence-corrected chi connectivity index (χ2v) is 6.14. The maximum atomic E-state index is 12.2. The number of aryl methyl sites for hydroxylation is 1. The summed E-state index contributed by atoms with van der Waals surface area (Å²) in [5.41, 5.74) is 2.98. The standard InChI is InChI=1S/C20H18N4OS/c1-15-9-11-17(12-10-15)19-22-23-20(26)24(19)14-18(25)21-13-5-8-16-6-3-2-4-7-16/h2-4,6-7,9-12H,13-14H2,1H3,(H,21,25)(H,23,26). The Kier molecular flexibility index (Phi) is 5.62. The summed E-state index contributed by atoms with van der Waals surface area (Å²) in [6.07, 6.45) is 0. The van der Waals surface area contributed by atoms with E-state index in [1.54, 1.807) is 4.57 Å². The first-order valence-electron chi connectivity index (χ1n) is 8.16. The number of hydrogen-bond acceptors (Lipinski definition) is 3. The van der Waals surface area contributed by atoms with Gasteiger partial charge in [0, 0.05) is 11.1 Å². The quantitative estimate of drug-likeness (QED) is 0.554. The van der Waals surface area contributed by atoms with Crippen LogP contribution in [0.25, 0.3) is 11.4 Å². The Labute approximate surface area is 157 Å². The van der Waals surface area contributed by atoms with Crippen molar-refractivity contribution in [3.63, 3.8) is 0 Å². The Morgan fingerprint density at radius 3 is 2.65 bits per heavy atom. The van der Waals surface area contributed by atoms with Crippen LogP contribution in [-0.4, -0.2) is 27.2 Å². The minimum Gasteiger partial charge on any atom is -0.344 e. The molecule has 0 aliphatic heterocycles. The van der Waals surface area contributed by atoms with E-state index in [0.29, 0.717) is 10.6 Å². The lowest BCUT2D eigenvalue weighted by molar-refractivity contribution is -0.121. The first-order chi connectivity index (χ1) is 12.6. The lowest BCUT2D eigenvalue weighted by Gasteiger charge is -2.07. The van der Waals surface area contributed by atoms with Gasteiger partial charge in [-0.25, -0.2) is 0 Å². The largest absolute Gasteiger partial charge is 0.344 e. The van der Waals surface area contributed by atoms with Crippen LogP contribution in [0.4, 0.5) is 0 Å². The van der Waals surface area contributed by atoms with Crippen LogP contribution in [0.2, 0.25) is 0 Å². The average molecular weight is 362 g/mol. The highest BCUT2D eigenvalue weighted by Gasteiger charge is 2.11. The monoisotopic (exact) mass is 362 g/mol. The Balaban J connectivity index is 1.65. The maximum absolute atomic E-state index is 12.2. The van der Waals surface area contributed by atoms with Gasteiger partial charge in [0.1, 0.15) is 6.54 Å². The molecule has 1 aromatic heterocycles. The fourth-order valence-corrected chi connectivity index (χ4v) is 2.59. The zero-order chi connectivity index (χ0) is 18.4. The van der Waals surface area contributed by atoms with E-state index in [1.165, 1.54) is 0 Å². The molecular weight excluding hydrogens is 344 g/mol. The number of benzene rings is 2. The van der Waals surface area contributed by atoms with Gasteiger partial charge in [0.05, 0.1) is 6.54 Å². The number of carbonyl (C=O) groups excluding carboxylic acids is 1. The molecular formula is C20H18N4OS. The third kappa shape index (κ3) is 4.47. The Hall–Kier alpha value is -3.17. The van der Waals surface area contributed by atoms with Crippen molar-refractivity contribution in [1.29, 1.82) is 0 Å². The van der Waals surface area contributed by atoms with Crippen molar-refractivity contribution in [3.05, 3.63) is 70.5 Å². The summed E-state index contributed by atoms with van der Waals surface area (Å²) in [4.78, 5) is 12.2. The number of carbonyl (C=O) groups is 1. The predicted octanol–water partition coefficient (Wildman–Crippen LogP) is 3.08. The molecule has 0 saturated heterocycles. The van der Waals surface area contributed by atoms with Crippen LogP contribution < -0.4 is 5.32 Å². The number of nitrogens with one attached hydrogen (secondary N) is 2. The lowest BCUT2D eigenvalue weighted by atomic mass is 10.1. The van der Waals surface area contributed by atoms with E-state index in [1.807, 2.05) is 61.5 Å². The van der Waals surface area contributed by atoms with E-state index in [-0.39, 0.29) is 19.0 Å². The van der Waals surface area contributed by atoms with Gasteiger partial charge in [0.25, 0.3) is 0 Å². The smallest absolute Gasteiger partial charge is 0.240 e.